The zero-order valence-electron chi connectivity index (χ0n) is 16.6. The van der Waals surface area contributed by atoms with Crippen molar-refractivity contribution < 1.29 is 19.0 Å². The van der Waals surface area contributed by atoms with Crippen LogP contribution in [0.3, 0.4) is 0 Å². The van der Waals surface area contributed by atoms with Crippen molar-refractivity contribution in [2.45, 2.75) is 76.8 Å². The number of carbonyl (C=O) groups is 1. The molecule has 0 aromatic rings. The molecule has 0 radical (unpaired) electrons. The molecule has 0 aromatic heterocycles. The van der Waals surface area contributed by atoms with Crippen LogP contribution in [0.5, 0.6) is 0 Å². The second-order valence-electron chi connectivity index (χ2n) is 8.66. The fourth-order valence-electron chi connectivity index (χ4n) is 4.29. The number of hydrogen-bond acceptors (Lipinski definition) is 5. The number of epoxide rings is 2. The minimum Gasteiger partial charge on any atom is -0.461 e. The van der Waals surface area contributed by atoms with E-state index in [2.05, 4.69) is 38.7 Å². The number of ether oxygens (including phenoxy) is 3. The van der Waals surface area contributed by atoms with Gasteiger partial charge in [0.25, 0.3) is 0 Å². The average molecular weight is 363 g/mol. The average Bonchev–Trinajstić information content (AvgIpc) is 3.45. The fraction of sp³-hybridized carbons (Fsp3) is 0.762. The Hall–Kier alpha value is -1.17. The lowest BCUT2D eigenvalue weighted by atomic mass is 9.70. The van der Waals surface area contributed by atoms with Crippen LogP contribution in [0.15, 0.2) is 23.8 Å². The highest BCUT2D eigenvalue weighted by Crippen LogP contribution is 2.59. The van der Waals surface area contributed by atoms with Crippen LogP contribution in [-0.2, 0) is 19.0 Å². The highest BCUT2D eigenvalue weighted by atomic mass is 16.6. The van der Waals surface area contributed by atoms with Crippen LogP contribution in [0.1, 0.15) is 53.4 Å². The number of carbonyl (C=O) groups excluding carboxylic acids is 1. The Morgan fingerprint density at radius 2 is 2.08 bits per heavy atom. The van der Waals surface area contributed by atoms with Crippen LogP contribution in [-0.4, -0.2) is 49.1 Å². The van der Waals surface area contributed by atoms with Crippen LogP contribution in [0.4, 0.5) is 0 Å². The Kier molecular flexibility index (Phi) is 5.61. The van der Waals surface area contributed by atoms with Crippen molar-refractivity contribution in [3.8, 4) is 0 Å². The maximum Gasteiger partial charge on any atom is 0.320 e. The van der Waals surface area contributed by atoms with Crippen molar-refractivity contribution >= 4 is 5.97 Å². The molecule has 5 atom stereocenters. The van der Waals surface area contributed by atoms with Gasteiger partial charge in [0.15, 0.2) is 0 Å². The summed E-state index contributed by atoms with van der Waals surface area (Å²) in [4.78, 5) is 12.1. The van der Waals surface area contributed by atoms with Crippen LogP contribution in [0.2, 0.25) is 0 Å². The van der Waals surface area contributed by atoms with Crippen LogP contribution < -0.4 is 5.32 Å². The molecule has 3 aliphatic rings. The Morgan fingerprint density at radius 3 is 2.69 bits per heavy atom. The van der Waals surface area contributed by atoms with E-state index >= 15 is 0 Å². The lowest BCUT2D eigenvalue weighted by molar-refractivity contribution is -0.152. The van der Waals surface area contributed by atoms with E-state index in [0.29, 0.717) is 12.5 Å². The van der Waals surface area contributed by atoms with Gasteiger partial charge in [-0.2, -0.15) is 0 Å². The minimum absolute atomic E-state index is 0.0425. The van der Waals surface area contributed by atoms with E-state index in [1.54, 1.807) is 0 Å². The van der Waals surface area contributed by atoms with Gasteiger partial charge in [-0.1, -0.05) is 23.8 Å². The molecule has 1 saturated carbocycles. The van der Waals surface area contributed by atoms with Crippen molar-refractivity contribution in [2.75, 3.05) is 19.7 Å². The summed E-state index contributed by atoms with van der Waals surface area (Å²) in [7, 11) is 0. The Morgan fingerprint density at radius 1 is 1.35 bits per heavy atom. The van der Waals surface area contributed by atoms with Crippen molar-refractivity contribution in [1.82, 2.24) is 5.32 Å². The predicted molar refractivity (Wildman–Crippen MR) is 101 cm³/mol. The third-order valence-corrected chi connectivity index (χ3v) is 5.94. The second kappa shape index (κ2) is 7.45. The summed E-state index contributed by atoms with van der Waals surface area (Å²) in [5.74, 6) is 0.103. The molecule has 3 rings (SSSR count). The first-order valence-corrected chi connectivity index (χ1v) is 9.75. The van der Waals surface area contributed by atoms with Gasteiger partial charge in [-0.05, 0) is 53.4 Å². The van der Waals surface area contributed by atoms with E-state index in [0.717, 1.165) is 37.9 Å². The maximum atomic E-state index is 12.1. The summed E-state index contributed by atoms with van der Waals surface area (Å²) >= 11 is 0. The smallest absolute Gasteiger partial charge is 0.320 e. The molecule has 1 unspecified atom stereocenters. The monoisotopic (exact) mass is 363 g/mol. The highest BCUT2D eigenvalue weighted by Gasteiger charge is 2.68. The molecule has 0 aromatic carbocycles. The molecule has 3 fully saturated rings. The molecule has 1 N–H and O–H groups in total. The SMILES string of the molecule is C=C(C)CNCC(=O)O[C@@H]1CC[C@]2(CO2)C([C@@]2(C)O[C@@H]2CC=C(C)C)C1. The number of nitrogens with one attached hydrogen (secondary N) is 1. The van der Waals surface area contributed by atoms with Gasteiger partial charge in [-0.3, -0.25) is 4.79 Å². The molecule has 1 spiro atoms. The summed E-state index contributed by atoms with van der Waals surface area (Å²) < 4.78 is 17.7. The summed E-state index contributed by atoms with van der Waals surface area (Å²) in [5, 5.41) is 3.06. The molecular weight excluding hydrogens is 330 g/mol. The third-order valence-electron chi connectivity index (χ3n) is 5.94. The van der Waals surface area contributed by atoms with Gasteiger partial charge in [0.1, 0.15) is 6.10 Å². The first-order chi connectivity index (χ1) is 12.2. The molecule has 5 nitrogen and oxygen atoms in total. The molecule has 146 valence electrons. The zero-order valence-corrected chi connectivity index (χ0v) is 16.6. The minimum atomic E-state index is -0.189. The van der Waals surface area contributed by atoms with Gasteiger partial charge in [0.2, 0.25) is 0 Å². The van der Waals surface area contributed by atoms with E-state index in [-0.39, 0.29) is 35.9 Å². The van der Waals surface area contributed by atoms with Gasteiger partial charge in [0.05, 0.1) is 30.5 Å². The Bertz CT molecular complexity index is 591. The first kappa shape index (κ1) is 19.6. The molecule has 2 aliphatic heterocycles. The summed E-state index contributed by atoms with van der Waals surface area (Å²) in [5.41, 5.74) is 2.11. The molecule has 26 heavy (non-hydrogen) atoms. The van der Waals surface area contributed by atoms with Crippen molar-refractivity contribution in [3.05, 3.63) is 23.8 Å². The van der Waals surface area contributed by atoms with E-state index in [1.165, 1.54) is 5.57 Å². The van der Waals surface area contributed by atoms with Gasteiger partial charge in [0, 0.05) is 12.5 Å². The standard InChI is InChI=1S/C21H33NO4/c1-14(2)6-7-18-20(5,26-18)17-10-16(8-9-21(17)13-24-21)25-19(23)12-22-11-15(3)4/h6,16-18,22H,3,7-13H2,1-2,4-5H3/t16-,17?,18-,20-,21+/m1/s1. The lowest BCUT2D eigenvalue weighted by Gasteiger charge is -2.36. The highest BCUT2D eigenvalue weighted by molar-refractivity contribution is 5.71. The van der Waals surface area contributed by atoms with Crippen molar-refractivity contribution in [2.24, 2.45) is 5.92 Å². The van der Waals surface area contributed by atoms with Crippen molar-refractivity contribution in [1.29, 1.82) is 0 Å². The van der Waals surface area contributed by atoms with Crippen LogP contribution in [0.25, 0.3) is 0 Å². The summed E-state index contributed by atoms with van der Waals surface area (Å²) in [6, 6.07) is 0. The number of esters is 1. The molecule has 0 bridgehead atoms. The largest absolute Gasteiger partial charge is 0.461 e. The van der Waals surface area contributed by atoms with E-state index in [1.807, 2.05) is 6.92 Å². The molecular formula is C21H33NO4. The van der Waals surface area contributed by atoms with Crippen LogP contribution >= 0.6 is 0 Å². The van der Waals surface area contributed by atoms with E-state index in [9.17, 15) is 4.79 Å². The van der Waals surface area contributed by atoms with Gasteiger partial charge < -0.3 is 19.5 Å². The van der Waals surface area contributed by atoms with Crippen LogP contribution in [0, 0.1) is 5.92 Å². The van der Waals surface area contributed by atoms with Gasteiger partial charge in [-0.25, -0.2) is 0 Å². The topological polar surface area (TPSA) is 63.4 Å². The summed E-state index contributed by atoms with van der Waals surface area (Å²) in [6.45, 7) is 13.9. The maximum absolute atomic E-state index is 12.1. The Labute approximate surface area is 157 Å². The predicted octanol–water partition coefficient (Wildman–Crippen LogP) is 3.15. The lowest BCUT2D eigenvalue weighted by Crippen LogP contribution is -2.45. The number of rotatable bonds is 8. The third kappa shape index (κ3) is 4.38. The normalized spacial score (nSPS) is 37.9. The molecule has 2 heterocycles. The molecule has 5 heteroatoms. The molecule has 1 aliphatic carbocycles. The van der Waals surface area contributed by atoms with E-state index < -0.39 is 0 Å². The zero-order chi connectivity index (χ0) is 18.9. The van der Waals surface area contributed by atoms with Gasteiger partial charge >= 0.3 is 5.97 Å². The number of hydrogen-bond donors (Lipinski definition) is 1. The van der Waals surface area contributed by atoms with E-state index in [4.69, 9.17) is 14.2 Å². The molecule has 2 saturated heterocycles. The molecule has 0 amide bonds. The quantitative estimate of drug-likeness (QED) is 0.408. The first-order valence-electron chi connectivity index (χ1n) is 9.75. The summed E-state index contributed by atoms with van der Waals surface area (Å²) in [6.07, 6.45) is 6.04. The second-order valence-corrected chi connectivity index (χ2v) is 8.66. The fourth-order valence-corrected chi connectivity index (χ4v) is 4.29. The van der Waals surface area contributed by atoms with Crippen molar-refractivity contribution in [3.63, 3.8) is 0 Å². The Balaban J connectivity index is 1.54. The van der Waals surface area contributed by atoms with Gasteiger partial charge in [-0.15, -0.1) is 0 Å². The number of allylic oxidation sites excluding steroid dienone is 1.